The highest BCUT2D eigenvalue weighted by atomic mass is 35.5. The fraction of sp³-hybridized carbons (Fsp3) is 0.136. The van der Waals surface area contributed by atoms with Crippen molar-refractivity contribution >= 4 is 29.6 Å². The van der Waals surface area contributed by atoms with E-state index in [4.69, 9.17) is 19.2 Å². The molecule has 0 aliphatic rings. The van der Waals surface area contributed by atoms with Gasteiger partial charge in [0.2, 0.25) is 0 Å². The Balaban J connectivity index is 0.00000280. The van der Waals surface area contributed by atoms with E-state index >= 15 is 0 Å². The molecule has 0 saturated carbocycles. The lowest BCUT2D eigenvalue weighted by molar-refractivity contribution is 0.414. The largest absolute Gasteiger partial charge is 0.497 e. The van der Waals surface area contributed by atoms with Crippen LogP contribution in [-0.4, -0.2) is 27.2 Å². The lowest BCUT2D eigenvalue weighted by atomic mass is 10.2. The lowest BCUT2D eigenvalue weighted by Crippen LogP contribution is -2.13. The third kappa shape index (κ3) is 5.41. The predicted molar refractivity (Wildman–Crippen MR) is 116 cm³/mol. The maximum Gasteiger partial charge on any atom is 0.138 e. The number of anilines is 1. The van der Waals surface area contributed by atoms with Crippen LogP contribution in [0.15, 0.2) is 77.8 Å². The summed E-state index contributed by atoms with van der Waals surface area (Å²) in [5.74, 6) is 3.13. The second-order valence-electron chi connectivity index (χ2n) is 5.74. The molecule has 3 aromatic carbocycles. The number of ether oxygens (including phenoxy) is 3. The summed E-state index contributed by atoms with van der Waals surface area (Å²) in [4.78, 5) is 4.78. The molecule has 0 fully saturated rings. The smallest absolute Gasteiger partial charge is 0.138 e. The molecule has 0 spiro atoms. The zero-order chi connectivity index (χ0) is 19.1. The summed E-state index contributed by atoms with van der Waals surface area (Å²) in [5.41, 5.74) is 2.68. The number of nitrogens with one attached hydrogen (secondary N) is 1. The van der Waals surface area contributed by atoms with Crippen molar-refractivity contribution in [1.29, 1.82) is 0 Å². The normalized spacial score (nSPS) is 10.6. The van der Waals surface area contributed by atoms with E-state index in [1.54, 1.807) is 21.3 Å². The number of hydrogen-bond acceptors (Lipinski definition) is 4. The molecule has 0 heterocycles. The van der Waals surface area contributed by atoms with Crippen LogP contribution < -0.4 is 19.5 Å². The highest BCUT2D eigenvalue weighted by Crippen LogP contribution is 2.22. The van der Waals surface area contributed by atoms with Gasteiger partial charge < -0.3 is 19.5 Å². The van der Waals surface area contributed by atoms with E-state index in [0.29, 0.717) is 0 Å². The third-order valence-electron chi connectivity index (χ3n) is 4.03. The van der Waals surface area contributed by atoms with E-state index in [9.17, 15) is 0 Å². The molecule has 28 heavy (non-hydrogen) atoms. The van der Waals surface area contributed by atoms with E-state index in [-0.39, 0.29) is 12.4 Å². The molecule has 3 rings (SSSR count). The van der Waals surface area contributed by atoms with Crippen LogP contribution in [0.5, 0.6) is 17.2 Å². The van der Waals surface area contributed by atoms with Crippen molar-refractivity contribution in [3.63, 3.8) is 0 Å². The Morgan fingerprint density at radius 2 is 1.07 bits per heavy atom. The van der Waals surface area contributed by atoms with Gasteiger partial charge in [-0.25, -0.2) is 4.99 Å². The average molecular weight is 399 g/mol. The minimum atomic E-state index is 0. The maximum atomic E-state index is 5.25. The van der Waals surface area contributed by atoms with Crippen LogP contribution in [0, 0.1) is 0 Å². The van der Waals surface area contributed by atoms with E-state index in [0.717, 1.165) is 40.0 Å². The van der Waals surface area contributed by atoms with Crippen molar-refractivity contribution in [1.82, 2.24) is 0 Å². The van der Waals surface area contributed by atoms with Crippen molar-refractivity contribution in [2.24, 2.45) is 4.99 Å². The number of rotatable bonds is 6. The number of halogens is 1. The van der Waals surface area contributed by atoms with Crippen molar-refractivity contribution < 1.29 is 14.2 Å². The molecule has 0 aliphatic heterocycles. The highest BCUT2D eigenvalue weighted by molar-refractivity contribution is 6.09. The summed E-state index contributed by atoms with van der Waals surface area (Å²) >= 11 is 0. The number of amidine groups is 1. The number of benzene rings is 3. The van der Waals surface area contributed by atoms with Gasteiger partial charge in [-0.2, -0.15) is 0 Å². The molecule has 6 heteroatoms. The van der Waals surface area contributed by atoms with E-state index in [2.05, 4.69) is 5.32 Å². The standard InChI is InChI=1S/C22H22N2O3.ClH/c1-25-19-10-4-16(5-11-19)22(23-17-6-12-20(26-2)13-7-17)24-18-8-14-21(27-3)15-9-18;/h4-15H,1-3H3,(H,23,24);1H. The molecule has 0 aromatic heterocycles. The summed E-state index contributed by atoms with van der Waals surface area (Å²) in [6, 6.07) is 23.1. The fourth-order valence-electron chi connectivity index (χ4n) is 2.51. The van der Waals surface area contributed by atoms with Crippen LogP contribution in [0.1, 0.15) is 5.56 Å². The summed E-state index contributed by atoms with van der Waals surface area (Å²) in [5, 5.41) is 3.38. The van der Waals surface area contributed by atoms with Crippen molar-refractivity contribution in [2.45, 2.75) is 0 Å². The zero-order valence-electron chi connectivity index (χ0n) is 16.0. The van der Waals surface area contributed by atoms with Crippen LogP contribution in [0.3, 0.4) is 0 Å². The molecule has 0 saturated heterocycles. The molecule has 1 N–H and O–H groups in total. The zero-order valence-corrected chi connectivity index (χ0v) is 16.8. The van der Waals surface area contributed by atoms with Crippen molar-refractivity contribution in [2.75, 3.05) is 26.6 Å². The number of nitrogens with zero attached hydrogens (tertiary/aromatic N) is 1. The Labute approximate surface area is 171 Å². The monoisotopic (exact) mass is 398 g/mol. The van der Waals surface area contributed by atoms with Crippen LogP contribution >= 0.6 is 12.4 Å². The van der Waals surface area contributed by atoms with Crippen molar-refractivity contribution in [3.05, 3.63) is 78.4 Å². The molecule has 0 atom stereocenters. The van der Waals surface area contributed by atoms with Gasteiger partial charge in [0, 0.05) is 11.3 Å². The quantitative estimate of drug-likeness (QED) is 0.450. The van der Waals surface area contributed by atoms with Gasteiger partial charge in [0.25, 0.3) is 0 Å². The minimum absolute atomic E-state index is 0. The molecule has 146 valence electrons. The molecule has 3 aromatic rings. The van der Waals surface area contributed by atoms with Gasteiger partial charge in [0.15, 0.2) is 0 Å². The SMILES string of the molecule is COc1ccc(N=C(Nc2ccc(OC)cc2)c2ccc(OC)cc2)cc1.Cl. The first-order valence-corrected chi connectivity index (χ1v) is 8.50. The molecular formula is C22H23ClN2O3. The molecule has 0 amide bonds. The van der Waals surface area contributed by atoms with Crippen LogP contribution in [0.4, 0.5) is 11.4 Å². The van der Waals surface area contributed by atoms with Gasteiger partial charge in [-0.15, -0.1) is 12.4 Å². The van der Waals surface area contributed by atoms with E-state index < -0.39 is 0 Å². The Kier molecular flexibility index (Phi) is 7.72. The summed E-state index contributed by atoms with van der Waals surface area (Å²) in [7, 11) is 4.94. The van der Waals surface area contributed by atoms with Gasteiger partial charge >= 0.3 is 0 Å². The van der Waals surface area contributed by atoms with Gasteiger partial charge in [0.1, 0.15) is 23.1 Å². The number of hydrogen-bond donors (Lipinski definition) is 1. The molecule has 0 bridgehead atoms. The molecule has 5 nitrogen and oxygen atoms in total. The predicted octanol–water partition coefficient (Wildman–Crippen LogP) is 5.32. The molecule has 0 aliphatic carbocycles. The van der Waals surface area contributed by atoms with Gasteiger partial charge in [0.05, 0.1) is 27.0 Å². The molecule has 0 radical (unpaired) electrons. The fourth-order valence-corrected chi connectivity index (χ4v) is 2.51. The van der Waals surface area contributed by atoms with Crippen LogP contribution in [-0.2, 0) is 0 Å². The van der Waals surface area contributed by atoms with Gasteiger partial charge in [-0.3, -0.25) is 0 Å². The van der Waals surface area contributed by atoms with Crippen molar-refractivity contribution in [3.8, 4) is 17.2 Å². The first-order valence-electron chi connectivity index (χ1n) is 8.50. The first-order chi connectivity index (χ1) is 13.2. The number of aliphatic imine (C=N–C) groups is 1. The Morgan fingerprint density at radius 1 is 0.643 bits per heavy atom. The average Bonchev–Trinajstić information content (AvgIpc) is 2.74. The highest BCUT2D eigenvalue weighted by Gasteiger charge is 2.06. The second kappa shape index (κ2) is 10.2. The van der Waals surface area contributed by atoms with E-state index in [1.165, 1.54) is 0 Å². The molecule has 0 unspecified atom stereocenters. The first kappa shape index (κ1) is 21.1. The summed E-state index contributed by atoms with van der Waals surface area (Å²) in [6.45, 7) is 0. The summed E-state index contributed by atoms with van der Waals surface area (Å²) < 4.78 is 15.7. The third-order valence-corrected chi connectivity index (χ3v) is 4.03. The van der Waals surface area contributed by atoms with Gasteiger partial charge in [-0.1, -0.05) is 0 Å². The Morgan fingerprint density at radius 3 is 1.54 bits per heavy atom. The van der Waals surface area contributed by atoms with Crippen LogP contribution in [0.25, 0.3) is 0 Å². The summed E-state index contributed by atoms with van der Waals surface area (Å²) in [6.07, 6.45) is 0. The topological polar surface area (TPSA) is 52.1 Å². The minimum Gasteiger partial charge on any atom is -0.497 e. The van der Waals surface area contributed by atoms with Gasteiger partial charge in [-0.05, 0) is 72.8 Å². The molecular weight excluding hydrogens is 376 g/mol. The van der Waals surface area contributed by atoms with E-state index in [1.807, 2.05) is 72.8 Å². The maximum absolute atomic E-state index is 5.25. The number of methoxy groups -OCH3 is 3. The lowest BCUT2D eigenvalue weighted by Gasteiger charge is -2.12. The Bertz CT molecular complexity index is 893. The Hall–Kier alpha value is -3.18. The van der Waals surface area contributed by atoms with Crippen LogP contribution in [0.2, 0.25) is 0 Å². The second-order valence-corrected chi connectivity index (χ2v) is 5.74.